The summed E-state index contributed by atoms with van der Waals surface area (Å²) >= 11 is 0. The van der Waals surface area contributed by atoms with Crippen LogP contribution in [-0.2, 0) is 6.42 Å². The number of anilines is 1. The molecule has 6 heteroatoms. The molecule has 1 amide bonds. The van der Waals surface area contributed by atoms with Gasteiger partial charge < -0.3 is 4.52 Å². The molecule has 0 atom stereocenters. The van der Waals surface area contributed by atoms with Crippen LogP contribution in [0.15, 0.2) is 77.4 Å². The first-order valence-corrected chi connectivity index (χ1v) is 8.71. The van der Waals surface area contributed by atoms with Gasteiger partial charge in [0.2, 0.25) is 5.88 Å². The first-order chi connectivity index (χ1) is 13.2. The number of aromatic nitrogens is 3. The van der Waals surface area contributed by atoms with Crippen LogP contribution in [0.5, 0.6) is 0 Å². The summed E-state index contributed by atoms with van der Waals surface area (Å²) in [5, 5.41) is 11.0. The Bertz CT molecular complexity index is 1050. The van der Waals surface area contributed by atoms with Crippen molar-refractivity contribution in [3.8, 4) is 16.9 Å². The fraction of sp³-hybridized carbons (Fsp3) is 0.0952. The fourth-order valence-electron chi connectivity index (χ4n) is 2.73. The van der Waals surface area contributed by atoms with Crippen molar-refractivity contribution >= 4 is 11.8 Å². The highest BCUT2D eigenvalue weighted by atomic mass is 16.5. The molecular weight excluding hydrogens is 340 g/mol. The monoisotopic (exact) mass is 358 g/mol. The molecule has 0 bridgehead atoms. The van der Waals surface area contributed by atoms with Crippen LogP contribution in [0.3, 0.4) is 0 Å². The average Bonchev–Trinajstić information content (AvgIpc) is 3.39. The molecule has 0 radical (unpaired) electrons. The highest BCUT2D eigenvalue weighted by Crippen LogP contribution is 2.22. The van der Waals surface area contributed by atoms with Crippen LogP contribution >= 0.6 is 0 Å². The number of nitrogens with one attached hydrogen (secondary N) is 1. The van der Waals surface area contributed by atoms with E-state index in [1.807, 2.05) is 42.5 Å². The zero-order valence-corrected chi connectivity index (χ0v) is 14.8. The minimum atomic E-state index is -0.353. The van der Waals surface area contributed by atoms with Crippen LogP contribution in [0.2, 0.25) is 0 Å². The van der Waals surface area contributed by atoms with Gasteiger partial charge in [0.1, 0.15) is 5.69 Å². The SMILES string of the molecule is CCc1ccc(-c2cc(NC(=O)c3ccn(-c4ccccc4)n3)on2)cc1. The van der Waals surface area contributed by atoms with Crippen LogP contribution < -0.4 is 5.32 Å². The van der Waals surface area contributed by atoms with E-state index in [4.69, 9.17) is 4.52 Å². The molecule has 2 aromatic carbocycles. The number of amides is 1. The lowest BCUT2D eigenvalue weighted by Crippen LogP contribution is -2.12. The van der Waals surface area contributed by atoms with Crippen molar-refractivity contribution < 1.29 is 9.32 Å². The molecule has 0 aliphatic heterocycles. The maximum absolute atomic E-state index is 12.4. The lowest BCUT2D eigenvalue weighted by Gasteiger charge is -2.00. The molecule has 0 fully saturated rings. The summed E-state index contributed by atoms with van der Waals surface area (Å²) < 4.78 is 6.89. The van der Waals surface area contributed by atoms with E-state index in [0.29, 0.717) is 11.4 Å². The molecule has 0 spiro atoms. The van der Waals surface area contributed by atoms with Gasteiger partial charge in [-0.25, -0.2) is 4.68 Å². The molecule has 27 heavy (non-hydrogen) atoms. The molecule has 4 aromatic rings. The van der Waals surface area contributed by atoms with Crippen molar-refractivity contribution in [2.24, 2.45) is 0 Å². The van der Waals surface area contributed by atoms with Gasteiger partial charge in [-0.15, -0.1) is 0 Å². The Morgan fingerprint density at radius 1 is 1.07 bits per heavy atom. The summed E-state index contributed by atoms with van der Waals surface area (Å²) in [4.78, 5) is 12.4. The average molecular weight is 358 g/mol. The van der Waals surface area contributed by atoms with Crippen molar-refractivity contribution in [1.29, 1.82) is 0 Å². The van der Waals surface area contributed by atoms with Crippen molar-refractivity contribution in [3.05, 3.63) is 84.2 Å². The molecule has 134 valence electrons. The Kier molecular flexibility index (Phi) is 4.53. The standard InChI is InChI=1S/C21H18N4O2/c1-2-15-8-10-16(11-9-15)19-14-20(27-24-19)22-21(26)18-12-13-25(23-18)17-6-4-3-5-7-17/h3-14H,2H2,1H3,(H,22,26). The van der Waals surface area contributed by atoms with E-state index in [1.165, 1.54) is 5.56 Å². The van der Waals surface area contributed by atoms with E-state index in [0.717, 1.165) is 17.7 Å². The number of hydrogen-bond acceptors (Lipinski definition) is 4. The largest absolute Gasteiger partial charge is 0.338 e. The highest BCUT2D eigenvalue weighted by molar-refractivity contribution is 6.02. The second-order valence-corrected chi connectivity index (χ2v) is 6.06. The van der Waals surface area contributed by atoms with Gasteiger partial charge in [0.25, 0.3) is 5.91 Å². The first-order valence-electron chi connectivity index (χ1n) is 8.71. The van der Waals surface area contributed by atoms with Gasteiger partial charge in [0.15, 0.2) is 5.69 Å². The first kappa shape index (κ1) is 16.8. The highest BCUT2D eigenvalue weighted by Gasteiger charge is 2.14. The number of para-hydroxylation sites is 1. The fourth-order valence-corrected chi connectivity index (χ4v) is 2.73. The Balaban J connectivity index is 1.47. The predicted molar refractivity (Wildman–Crippen MR) is 103 cm³/mol. The summed E-state index contributed by atoms with van der Waals surface area (Å²) in [7, 11) is 0. The van der Waals surface area contributed by atoms with E-state index in [9.17, 15) is 4.79 Å². The maximum Gasteiger partial charge on any atom is 0.278 e. The topological polar surface area (TPSA) is 73.0 Å². The molecule has 2 aromatic heterocycles. The second kappa shape index (κ2) is 7.29. The molecule has 0 unspecified atom stereocenters. The van der Waals surface area contributed by atoms with Crippen LogP contribution in [0, 0.1) is 0 Å². The van der Waals surface area contributed by atoms with Gasteiger partial charge in [-0.05, 0) is 30.2 Å². The summed E-state index contributed by atoms with van der Waals surface area (Å²) in [6, 6.07) is 21.0. The number of hydrogen-bond donors (Lipinski definition) is 1. The van der Waals surface area contributed by atoms with Crippen molar-refractivity contribution in [1.82, 2.24) is 14.9 Å². The van der Waals surface area contributed by atoms with E-state index < -0.39 is 0 Å². The van der Waals surface area contributed by atoms with Gasteiger partial charge in [-0.2, -0.15) is 5.10 Å². The molecule has 0 aliphatic carbocycles. The van der Waals surface area contributed by atoms with Crippen molar-refractivity contribution in [2.75, 3.05) is 5.32 Å². The molecule has 2 heterocycles. The zero-order valence-electron chi connectivity index (χ0n) is 14.8. The Labute approximate surface area is 156 Å². The second-order valence-electron chi connectivity index (χ2n) is 6.06. The Hall–Kier alpha value is -3.67. The number of nitrogens with zero attached hydrogens (tertiary/aromatic N) is 3. The zero-order chi connectivity index (χ0) is 18.6. The minimum absolute atomic E-state index is 0.281. The molecule has 0 aliphatic rings. The van der Waals surface area contributed by atoms with Crippen molar-refractivity contribution in [2.45, 2.75) is 13.3 Å². The van der Waals surface area contributed by atoms with Gasteiger partial charge in [0.05, 0.1) is 5.69 Å². The van der Waals surface area contributed by atoms with E-state index in [1.54, 1.807) is 23.0 Å². The quantitative estimate of drug-likeness (QED) is 0.576. The maximum atomic E-state index is 12.4. The summed E-state index contributed by atoms with van der Waals surface area (Å²) in [6.07, 6.45) is 2.72. The third-order valence-corrected chi connectivity index (χ3v) is 4.25. The van der Waals surface area contributed by atoms with Gasteiger partial charge in [-0.3, -0.25) is 10.1 Å². The normalized spacial score (nSPS) is 10.7. The Morgan fingerprint density at radius 3 is 2.59 bits per heavy atom. The molecule has 0 saturated carbocycles. The summed E-state index contributed by atoms with van der Waals surface area (Å²) in [6.45, 7) is 2.11. The van der Waals surface area contributed by atoms with Gasteiger partial charge >= 0.3 is 0 Å². The molecular formula is C21H18N4O2. The molecule has 0 saturated heterocycles. The number of benzene rings is 2. The van der Waals surface area contributed by atoms with Crippen molar-refractivity contribution in [3.63, 3.8) is 0 Å². The van der Waals surface area contributed by atoms with Crippen LogP contribution in [-0.4, -0.2) is 20.8 Å². The minimum Gasteiger partial charge on any atom is -0.338 e. The number of carbonyl (C=O) groups is 1. The van der Waals surface area contributed by atoms with E-state index in [-0.39, 0.29) is 11.8 Å². The van der Waals surface area contributed by atoms with Gasteiger partial charge in [0, 0.05) is 17.8 Å². The smallest absolute Gasteiger partial charge is 0.278 e. The number of carbonyl (C=O) groups excluding carboxylic acids is 1. The van der Waals surface area contributed by atoms with Gasteiger partial charge in [-0.1, -0.05) is 54.5 Å². The molecule has 1 N–H and O–H groups in total. The molecule has 6 nitrogen and oxygen atoms in total. The van der Waals surface area contributed by atoms with Crippen LogP contribution in [0.1, 0.15) is 23.0 Å². The third kappa shape index (κ3) is 3.64. The Morgan fingerprint density at radius 2 is 1.85 bits per heavy atom. The third-order valence-electron chi connectivity index (χ3n) is 4.25. The predicted octanol–water partition coefficient (Wildman–Crippen LogP) is 4.34. The number of aryl methyl sites for hydroxylation is 1. The molecule has 4 rings (SSSR count). The summed E-state index contributed by atoms with van der Waals surface area (Å²) in [5.74, 6) is -0.0717. The van der Waals surface area contributed by atoms with E-state index in [2.05, 4.69) is 34.6 Å². The van der Waals surface area contributed by atoms with Crippen LogP contribution in [0.25, 0.3) is 16.9 Å². The summed E-state index contributed by atoms with van der Waals surface area (Å²) in [5.41, 5.74) is 4.04. The number of rotatable bonds is 5. The van der Waals surface area contributed by atoms with E-state index >= 15 is 0 Å². The lowest BCUT2D eigenvalue weighted by atomic mass is 10.1. The van der Waals surface area contributed by atoms with Crippen LogP contribution in [0.4, 0.5) is 5.88 Å². The lowest BCUT2D eigenvalue weighted by molar-refractivity contribution is 0.101.